The van der Waals surface area contributed by atoms with E-state index in [4.69, 9.17) is 0 Å². The average Bonchev–Trinajstić information content (AvgIpc) is 2.77. The number of halogens is 2. The van der Waals surface area contributed by atoms with Gasteiger partial charge in [-0.3, -0.25) is 14.4 Å². The molecule has 1 fully saturated rings. The van der Waals surface area contributed by atoms with E-state index in [1.807, 2.05) is 19.1 Å². The van der Waals surface area contributed by atoms with E-state index >= 15 is 0 Å². The van der Waals surface area contributed by atoms with Gasteiger partial charge in [-0.15, -0.1) is 0 Å². The number of piperazine rings is 1. The molecule has 1 N–H and O–H groups in total. The largest absolute Gasteiger partial charge is 0.435 e. The second-order valence-electron chi connectivity index (χ2n) is 7.13. The highest BCUT2D eigenvalue weighted by Gasteiger charge is 2.25. The van der Waals surface area contributed by atoms with Crippen molar-refractivity contribution in [3.8, 4) is 5.75 Å². The minimum Gasteiger partial charge on any atom is -0.435 e. The van der Waals surface area contributed by atoms with Crippen molar-refractivity contribution in [2.24, 2.45) is 0 Å². The summed E-state index contributed by atoms with van der Waals surface area (Å²) in [5.74, 6) is -0.966. The summed E-state index contributed by atoms with van der Waals surface area (Å²) in [6.45, 7) is 0.0619. The maximum atomic E-state index is 12.6. The molecule has 2 aromatic rings. The third-order valence-corrected chi connectivity index (χ3v) is 4.94. The first kappa shape index (κ1) is 22.2. The van der Waals surface area contributed by atoms with E-state index in [1.54, 1.807) is 21.9 Å². The zero-order chi connectivity index (χ0) is 22.4. The molecule has 0 saturated carbocycles. The molecule has 164 valence electrons. The van der Waals surface area contributed by atoms with Gasteiger partial charge in [-0.1, -0.05) is 23.8 Å². The number of nitrogens with one attached hydrogen (secondary N) is 1. The van der Waals surface area contributed by atoms with Crippen LogP contribution in [0.5, 0.6) is 5.75 Å². The molecule has 0 spiro atoms. The average molecular weight is 431 g/mol. The number of nitrogens with zero attached hydrogens (tertiary/aromatic N) is 2. The van der Waals surface area contributed by atoms with Crippen LogP contribution in [0, 0.1) is 6.92 Å². The minimum atomic E-state index is -2.97. The highest BCUT2D eigenvalue weighted by Crippen LogP contribution is 2.18. The molecule has 3 amide bonds. The molecule has 1 aliphatic rings. The van der Waals surface area contributed by atoms with E-state index in [2.05, 4.69) is 10.1 Å². The summed E-state index contributed by atoms with van der Waals surface area (Å²) < 4.78 is 29.1. The summed E-state index contributed by atoms with van der Waals surface area (Å²) in [7, 11) is 0. The van der Waals surface area contributed by atoms with E-state index in [0.29, 0.717) is 31.7 Å². The molecule has 7 nitrogen and oxygen atoms in total. The first-order valence-corrected chi connectivity index (χ1v) is 9.80. The van der Waals surface area contributed by atoms with Crippen LogP contribution in [0.1, 0.15) is 26.3 Å². The molecular weight excluding hydrogens is 408 g/mol. The fourth-order valence-corrected chi connectivity index (χ4v) is 3.22. The lowest BCUT2D eigenvalue weighted by Crippen LogP contribution is -2.52. The Morgan fingerprint density at radius 2 is 1.61 bits per heavy atom. The molecule has 0 atom stereocenters. The number of carbonyl (C=O) groups excluding carboxylic acids is 3. The second-order valence-corrected chi connectivity index (χ2v) is 7.13. The van der Waals surface area contributed by atoms with Gasteiger partial charge in [0.2, 0.25) is 5.91 Å². The van der Waals surface area contributed by atoms with Crippen molar-refractivity contribution < 1.29 is 27.9 Å². The number of alkyl halides is 2. The standard InChI is InChI=1S/C22H23F2N3O4/c1-15-5-7-16(8-6-15)20(29)25-14-19(28)26-9-11-27(12-10-26)21(30)17-3-2-4-18(13-17)31-22(23)24/h2-8,13,22H,9-12,14H2,1H3,(H,25,29). The van der Waals surface area contributed by atoms with Crippen molar-refractivity contribution in [2.45, 2.75) is 13.5 Å². The number of hydrogen-bond acceptors (Lipinski definition) is 4. The number of ether oxygens (including phenoxy) is 1. The zero-order valence-electron chi connectivity index (χ0n) is 17.0. The lowest BCUT2D eigenvalue weighted by molar-refractivity contribution is -0.131. The van der Waals surface area contributed by atoms with E-state index < -0.39 is 6.61 Å². The Hall–Kier alpha value is -3.49. The highest BCUT2D eigenvalue weighted by atomic mass is 19.3. The van der Waals surface area contributed by atoms with Gasteiger partial charge < -0.3 is 19.9 Å². The number of hydrogen-bond donors (Lipinski definition) is 1. The zero-order valence-corrected chi connectivity index (χ0v) is 17.0. The number of carbonyl (C=O) groups is 3. The Morgan fingerprint density at radius 1 is 0.968 bits per heavy atom. The van der Waals surface area contributed by atoms with Gasteiger partial charge in [0.1, 0.15) is 5.75 Å². The van der Waals surface area contributed by atoms with Crippen molar-refractivity contribution in [3.05, 3.63) is 65.2 Å². The van der Waals surface area contributed by atoms with E-state index in [1.165, 1.54) is 24.3 Å². The minimum absolute atomic E-state index is 0.0843. The Bertz CT molecular complexity index is 942. The van der Waals surface area contributed by atoms with Gasteiger partial charge in [-0.25, -0.2) is 0 Å². The van der Waals surface area contributed by atoms with E-state index in [0.717, 1.165) is 5.56 Å². The molecule has 2 aromatic carbocycles. The van der Waals surface area contributed by atoms with Gasteiger partial charge in [0.05, 0.1) is 6.54 Å². The molecular formula is C22H23F2N3O4. The van der Waals surface area contributed by atoms with Crippen LogP contribution in [0.4, 0.5) is 8.78 Å². The first-order chi connectivity index (χ1) is 14.8. The molecule has 0 aliphatic carbocycles. The number of rotatable bonds is 6. The Labute approximate surface area is 178 Å². The van der Waals surface area contributed by atoms with Crippen LogP contribution in [-0.4, -0.2) is 66.9 Å². The van der Waals surface area contributed by atoms with Crippen LogP contribution < -0.4 is 10.1 Å². The third-order valence-electron chi connectivity index (χ3n) is 4.94. The molecule has 0 aromatic heterocycles. The SMILES string of the molecule is Cc1ccc(C(=O)NCC(=O)N2CCN(C(=O)c3cccc(OC(F)F)c3)CC2)cc1. The molecule has 0 radical (unpaired) electrons. The molecule has 1 heterocycles. The predicted molar refractivity (Wildman–Crippen MR) is 109 cm³/mol. The summed E-state index contributed by atoms with van der Waals surface area (Å²) >= 11 is 0. The van der Waals surface area contributed by atoms with Gasteiger partial charge in [0, 0.05) is 37.3 Å². The summed E-state index contributed by atoms with van der Waals surface area (Å²) in [5.41, 5.74) is 1.75. The van der Waals surface area contributed by atoms with E-state index in [-0.39, 0.29) is 35.6 Å². The Kier molecular flexibility index (Phi) is 7.17. The van der Waals surface area contributed by atoms with E-state index in [9.17, 15) is 23.2 Å². The number of aryl methyl sites for hydroxylation is 1. The Balaban J connectivity index is 1.48. The molecule has 1 aliphatic heterocycles. The predicted octanol–water partition coefficient (Wildman–Crippen LogP) is 2.31. The number of amides is 3. The van der Waals surface area contributed by atoms with Crippen LogP contribution in [0.2, 0.25) is 0 Å². The Morgan fingerprint density at radius 3 is 2.26 bits per heavy atom. The lowest BCUT2D eigenvalue weighted by Gasteiger charge is -2.35. The van der Waals surface area contributed by atoms with Crippen LogP contribution in [0.25, 0.3) is 0 Å². The molecule has 1 saturated heterocycles. The summed E-state index contributed by atoms with van der Waals surface area (Å²) in [6.07, 6.45) is 0. The van der Waals surface area contributed by atoms with Crippen molar-refractivity contribution in [1.29, 1.82) is 0 Å². The van der Waals surface area contributed by atoms with Crippen molar-refractivity contribution in [1.82, 2.24) is 15.1 Å². The van der Waals surface area contributed by atoms with Gasteiger partial charge in [0.15, 0.2) is 0 Å². The van der Waals surface area contributed by atoms with Crippen LogP contribution in [0.3, 0.4) is 0 Å². The second kappa shape index (κ2) is 10.0. The maximum Gasteiger partial charge on any atom is 0.387 e. The smallest absolute Gasteiger partial charge is 0.387 e. The van der Waals surface area contributed by atoms with Gasteiger partial charge in [-0.05, 0) is 37.3 Å². The van der Waals surface area contributed by atoms with Crippen molar-refractivity contribution in [2.75, 3.05) is 32.7 Å². The van der Waals surface area contributed by atoms with Crippen molar-refractivity contribution >= 4 is 17.7 Å². The van der Waals surface area contributed by atoms with Crippen molar-refractivity contribution in [3.63, 3.8) is 0 Å². The monoisotopic (exact) mass is 431 g/mol. The molecule has 0 bridgehead atoms. The summed E-state index contributed by atoms with van der Waals surface area (Å²) in [5, 5.41) is 2.61. The third kappa shape index (κ3) is 6.00. The molecule has 9 heteroatoms. The van der Waals surface area contributed by atoms with Crippen LogP contribution >= 0.6 is 0 Å². The fraction of sp³-hybridized carbons (Fsp3) is 0.318. The van der Waals surface area contributed by atoms with Gasteiger partial charge in [0.25, 0.3) is 11.8 Å². The van der Waals surface area contributed by atoms with Gasteiger partial charge in [-0.2, -0.15) is 8.78 Å². The normalized spacial score (nSPS) is 13.8. The number of benzene rings is 2. The lowest BCUT2D eigenvalue weighted by atomic mass is 10.1. The quantitative estimate of drug-likeness (QED) is 0.762. The summed E-state index contributed by atoms with van der Waals surface area (Å²) in [4.78, 5) is 40.3. The highest BCUT2D eigenvalue weighted by molar-refractivity contribution is 5.97. The topological polar surface area (TPSA) is 79.0 Å². The first-order valence-electron chi connectivity index (χ1n) is 9.80. The summed E-state index contributed by atoms with van der Waals surface area (Å²) in [6, 6.07) is 12.7. The van der Waals surface area contributed by atoms with Crippen LogP contribution in [-0.2, 0) is 4.79 Å². The van der Waals surface area contributed by atoms with Gasteiger partial charge >= 0.3 is 6.61 Å². The molecule has 0 unspecified atom stereocenters. The molecule has 31 heavy (non-hydrogen) atoms. The maximum absolute atomic E-state index is 12.6. The molecule has 3 rings (SSSR count). The van der Waals surface area contributed by atoms with Crippen LogP contribution in [0.15, 0.2) is 48.5 Å². The fourth-order valence-electron chi connectivity index (χ4n) is 3.22.